The summed E-state index contributed by atoms with van der Waals surface area (Å²) in [5.74, 6) is 1.45. The standard InChI is InChI=1S/C19H22N4O3/c1-5-14-11-13(2)9-10-17(14)26-12-15-16(7-6-8-18(15)25-4)23-19(24)22(3)20-21-23/h6-11H,5,12H2,1-4H3. The highest BCUT2D eigenvalue weighted by atomic mass is 16.5. The fraction of sp³-hybridized carbons (Fsp3) is 0.316. The Morgan fingerprint density at radius 3 is 2.58 bits per heavy atom. The van der Waals surface area contributed by atoms with Gasteiger partial charge in [-0.25, -0.2) is 4.79 Å². The molecule has 0 fully saturated rings. The Bertz CT molecular complexity index is 975. The van der Waals surface area contributed by atoms with Gasteiger partial charge in [-0.2, -0.15) is 9.36 Å². The molecule has 7 heteroatoms. The minimum atomic E-state index is -0.330. The number of hydrogen-bond acceptors (Lipinski definition) is 5. The lowest BCUT2D eigenvalue weighted by molar-refractivity contribution is 0.293. The van der Waals surface area contributed by atoms with Crippen molar-refractivity contribution in [1.82, 2.24) is 19.8 Å². The second kappa shape index (κ2) is 7.43. The minimum absolute atomic E-state index is 0.248. The number of methoxy groups -OCH3 is 1. The molecule has 0 aliphatic heterocycles. The van der Waals surface area contributed by atoms with Crippen LogP contribution in [0, 0.1) is 6.92 Å². The summed E-state index contributed by atoms with van der Waals surface area (Å²) in [6, 6.07) is 11.5. The first-order chi connectivity index (χ1) is 12.5. The second-order valence-electron chi connectivity index (χ2n) is 6.01. The van der Waals surface area contributed by atoms with Crippen molar-refractivity contribution in [2.24, 2.45) is 7.05 Å². The molecule has 0 bridgehead atoms. The van der Waals surface area contributed by atoms with E-state index in [4.69, 9.17) is 9.47 Å². The molecule has 0 atom stereocenters. The molecule has 2 aromatic carbocycles. The third-order valence-electron chi connectivity index (χ3n) is 4.25. The van der Waals surface area contributed by atoms with Crippen molar-refractivity contribution in [3.63, 3.8) is 0 Å². The van der Waals surface area contributed by atoms with Gasteiger partial charge in [-0.3, -0.25) is 0 Å². The number of hydrogen-bond donors (Lipinski definition) is 0. The molecule has 7 nitrogen and oxygen atoms in total. The van der Waals surface area contributed by atoms with Gasteiger partial charge in [-0.1, -0.05) is 30.7 Å². The molecule has 1 heterocycles. The minimum Gasteiger partial charge on any atom is -0.496 e. The Balaban J connectivity index is 1.99. The third kappa shape index (κ3) is 3.33. The van der Waals surface area contributed by atoms with Gasteiger partial charge in [0.05, 0.1) is 18.4 Å². The van der Waals surface area contributed by atoms with E-state index in [0.29, 0.717) is 11.4 Å². The molecule has 26 heavy (non-hydrogen) atoms. The fourth-order valence-electron chi connectivity index (χ4n) is 2.83. The first-order valence-corrected chi connectivity index (χ1v) is 8.42. The average molecular weight is 354 g/mol. The van der Waals surface area contributed by atoms with Crippen molar-refractivity contribution < 1.29 is 9.47 Å². The van der Waals surface area contributed by atoms with Crippen LogP contribution >= 0.6 is 0 Å². The number of ether oxygens (including phenoxy) is 2. The number of aryl methyl sites for hydroxylation is 3. The van der Waals surface area contributed by atoms with Crippen molar-refractivity contribution in [3.05, 3.63) is 63.6 Å². The molecular formula is C19H22N4O3. The van der Waals surface area contributed by atoms with Gasteiger partial charge < -0.3 is 9.47 Å². The van der Waals surface area contributed by atoms with Crippen LogP contribution in [0.1, 0.15) is 23.6 Å². The predicted molar refractivity (Wildman–Crippen MR) is 98.0 cm³/mol. The Morgan fingerprint density at radius 1 is 1.12 bits per heavy atom. The molecule has 0 radical (unpaired) electrons. The fourth-order valence-corrected chi connectivity index (χ4v) is 2.83. The molecule has 1 aromatic heterocycles. The SMILES string of the molecule is CCc1cc(C)ccc1OCc1c(OC)cccc1-n1nnn(C)c1=O. The Kier molecular flexibility index (Phi) is 5.06. The lowest BCUT2D eigenvalue weighted by Crippen LogP contribution is -2.23. The summed E-state index contributed by atoms with van der Waals surface area (Å²) in [5.41, 5.74) is 3.33. The number of rotatable bonds is 6. The maximum atomic E-state index is 12.3. The van der Waals surface area contributed by atoms with Gasteiger partial charge in [0.15, 0.2) is 0 Å². The van der Waals surface area contributed by atoms with Crippen LogP contribution in [-0.2, 0) is 20.1 Å². The van der Waals surface area contributed by atoms with E-state index in [-0.39, 0.29) is 12.3 Å². The van der Waals surface area contributed by atoms with Crippen LogP contribution in [0.3, 0.4) is 0 Å². The van der Waals surface area contributed by atoms with Crippen LogP contribution in [0.25, 0.3) is 5.69 Å². The van der Waals surface area contributed by atoms with Crippen LogP contribution in [0.2, 0.25) is 0 Å². The topological polar surface area (TPSA) is 71.2 Å². The molecule has 136 valence electrons. The van der Waals surface area contributed by atoms with Crippen molar-refractivity contribution in [2.45, 2.75) is 26.9 Å². The van der Waals surface area contributed by atoms with E-state index in [1.807, 2.05) is 24.3 Å². The van der Waals surface area contributed by atoms with Gasteiger partial charge >= 0.3 is 5.69 Å². The second-order valence-corrected chi connectivity index (χ2v) is 6.01. The average Bonchev–Trinajstić information content (AvgIpc) is 2.99. The zero-order valence-electron chi connectivity index (χ0n) is 15.4. The number of tetrazole rings is 1. The van der Waals surface area contributed by atoms with E-state index < -0.39 is 0 Å². The molecule has 0 aliphatic carbocycles. The zero-order valence-corrected chi connectivity index (χ0v) is 15.4. The summed E-state index contributed by atoms with van der Waals surface area (Å²) in [7, 11) is 3.15. The smallest absolute Gasteiger partial charge is 0.368 e. The lowest BCUT2D eigenvalue weighted by Gasteiger charge is -2.16. The van der Waals surface area contributed by atoms with Gasteiger partial charge in [-0.15, -0.1) is 0 Å². The molecule has 0 spiro atoms. The number of benzene rings is 2. The highest BCUT2D eigenvalue weighted by Crippen LogP contribution is 2.28. The van der Waals surface area contributed by atoms with Crippen LogP contribution in [0.5, 0.6) is 11.5 Å². The summed E-state index contributed by atoms with van der Waals surface area (Å²) in [5, 5.41) is 7.71. The van der Waals surface area contributed by atoms with Crippen molar-refractivity contribution >= 4 is 0 Å². The molecular weight excluding hydrogens is 332 g/mol. The van der Waals surface area contributed by atoms with Gasteiger partial charge in [0.2, 0.25) is 0 Å². The molecule has 0 aliphatic rings. The summed E-state index contributed by atoms with van der Waals surface area (Å²) in [6.45, 7) is 4.40. The van der Waals surface area contributed by atoms with Crippen molar-refractivity contribution in [1.29, 1.82) is 0 Å². The monoisotopic (exact) mass is 354 g/mol. The van der Waals surface area contributed by atoms with Crippen molar-refractivity contribution in [2.75, 3.05) is 7.11 Å². The summed E-state index contributed by atoms with van der Waals surface area (Å²) >= 11 is 0. The van der Waals surface area contributed by atoms with E-state index >= 15 is 0 Å². The van der Waals surface area contributed by atoms with E-state index in [1.54, 1.807) is 20.2 Å². The molecule has 0 amide bonds. The van der Waals surface area contributed by atoms with E-state index in [9.17, 15) is 4.79 Å². The Hall–Kier alpha value is -3.09. The van der Waals surface area contributed by atoms with Gasteiger partial charge in [0.25, 0.3) is 0 Å². The van der Waals surface area contributed by atoms with E-state index in [2.05, 4.69) is 30.3 Å². The molecule has 0 unspecified atom stereocenters. The lowest BCUT2D eigenvalue weighted by atomic mass is 10.1. The maximum Gasteiger partial charge on any atom is 0.368 e. The van der Waals surface area contributed by atoms with Crippen LogP contribution < -0.4 is 15.2 Å². The van der Waals surface area contributed by atoms with Crippen LogP contribution in [-0.4, -0.2) is 26.9 Å². The summed E-state index contributed by atoms with van der Waals surface area (Å²) in [4.78, 5) is 12.3. The molecule has 0 saturated heterocycles. The summed E-state index contributed by atoms with van der Waals surface area (Å²) in [6.07, 6.45) is 0.874. The quantitative estimate of drug-likeness (QED) is 0.680. The van der Waals surface area contributed by atoms with E-state index in [0.717, 1.165) is 23.3 Å². The first kappa shape index (κ1) is 17.7. The zero-order chi connectivity index (χ0) is 18.7. The maximum absolute atomic E-state index is 12.3. The Labute approximate surface area is 151 Å². The van der Waals surface area contributed by atoms with Gasteiger partial charge in [0.1, 0.15) is 18.1 Å². The largest absolute Gasteiger partial charge is 0.496 e. The van der Waals surface area contributed by atoms with E-state index in [1.165, 1.54) is 14.9 Å². The van der Waals surface area contributed by atoms with Crippen molar-refractivity contribution in [3.8, 4) is 17.2 Å². The number of aromatic nitrogens is 4. The van der Waals surface area contributed by atoms with Gasteiger partial charge in [-0.05, 0) is 47.5 Å². The molecule has 3 rings (SSSR count). The summed E-state index contributed by atoms with van der Waals surface area (Å²) < 4.78 is 14.0. The molecule has 0 N–H and O–H groups in total. The highest BCUT2D eigenvalue weighted by molar-refractivity contribution is 5.49. The number of nitrogens with zero attached hydrogens (tertiary/aromatic N) is 4. The van der Waals surface area contributed by atoms with Gasteiger partial charge in [0, 0.05) is 7.05 Å². The highest BCUT2D eigenvalue weighted by Gasteiger charge is 2.16. The van der Waals surface area contributed by atoms with Crippen LogP contribution in [0.15, 0.2) is 41.2 Å². The molecule has 3 aromatic rings. The first-order valence-electron chi connectivity index (χ1n) is 8.42. The third-order valence-corrected chi connectivity index (χ3v) is 4.25. The normalized spacial score (nSPS) is 10.8. The predicted octanol–water partition coefficient (Wildman–Crippen LogP) is 2.42. The van der Waals surface area contributed by atoms with Crippen LogP contribution in [0.4, 0.5) is 0 Å². The molecule has 0 saturated carbocycles. The Morgan fingerprint density at radius 2 is 1.92 bits per heavy atom.